The molecule has 0 N–H and O–H groups in total. The summed E-state index contributed by atoms with van der Waals surface area (Å²) in [5.74, 6) is -0.290. The van der Waals surface area contributed by atoms with Crippen LogP contribution in [0.1, 0.15) is 21.0 Å². The van der Waals surface area contributed by atoms with Crippen molar-refractivity contribution in [3.63, 3.8) is 0 Å². The van der Waals surface area contributed by atoms with Crippen LogP contribution in [-0.4, -0.2) is 194 Å². The van der Waals surface area contributed by atoms with Gasteiger partial charge in [-0.2, -0.15) is 0 Å². The molecule has 1 rings (SSSR count). The van der Waals surface area contributed by atoms with Crippen LogP contribution in [0.5, 0.6) is 0 Å². The van der Waals surface area contributed by atoms with E-state index in [4.69, 9.17) is 47.9 Å². The number of ether oxygens (including phenoxy) is 8. The second-order valence-electron chi connectivity index (χ2n) is 10.1. The SMILES string of the molecule is COCCN(CCOC)C(=O)c1nc(N(CCOC)CCOC)c(C(=O)N(CCOC)CCOC)nc1N(CCOC)CCOC. The van der Waals surface area contributed by atoms with Crippen LogP contribution in [-0.2, 0) is 37.9 Å². The van der Waals surface area contributed by atoms with Crippen LogP contribution in [0.15, 0.2) is 0 Å². The van der Waals surface area contributed by atoms with E-state index >= 15 is 0 Å². The molecule has 0 bridgehead atoms. The number of carbonyl (C=O) groups is 2. The second-order valence-corrected chi connectivity index (χ2v) is 10.1. The van der Waals surface area contributed by atoms with Gasteiger partial charge in [-0.05, 0) is 0 Å². The van der Waals surface area contributed by atoms with Gasteiger partial charge in [0.15, 0.2) is 23.0 Å². The minimum atomic E-state index is -0.384. The predicted molar refractivity (Wildman–Crippen MR) is 173 cm³/mol. The molecule has 16 heteroatoms. The maximum absolute atomic E-state index is 14.4. The van der Waals surface area contributed by atoms with Gasteiger partial charge in [0, 0.05) is 109 Å². The molecule has 0 saturated carbocycles. The lowest BCUT2D eigenvalue weighted by Crippen LogP contribution is -2.43. The van der Waals surface area contributed by atoms with Crippen LogP contribution in [0, 0.1) is 0 Å². The lowest BCUT2D eigenvalue weighted by atomic mass is 10.2. The normalized spacial score (nSPS) is 11.1. The van der Waals surface area contributed by atoms with E-state index in [-0.39, 0.29) is 34.8 Å². The van der Waals surface area contributed by atoms with E-state index < -0.39 is 0 Å². The molecule has 0 aliphatic heterocycles. The molecule has 0 spiro atoms. The summed E-state index contributed by atoms with van der Waals surface area (Å²) in [5, 5.41) is 0. The van der Waals surface area contributed by atoms with E-state index in [0.717, 1.165) is 0 Å². The molecule has 1 aromatic rings. The van der Waals surface area contributed by atoms with Gasteiger partial charge in [-0.3, -0.25) is 9.59 Å². The van der Waals surface area contributed by atoms with Gasteiger partial charge >= 0.3 is 0 Å². The Bertz CT molecular complexity index is 869. The fourth-order valence-corrected chi connectivity index (χ4v) is 4.33. The van der Waals surface area contributed by atoms with Crippen molar-refractivity contribution < 1.29 is 47.5 Å². The molecule has 0 aliphatic carbocycles. The van der Waals surface area contributed by atoms with Gasteiger partial charge in [-0.15, -0.1) is 0 Å². The van der Waals surface area contributed by atoms with Crippen LogP contribution in [0.25, 0.3) is 0 Å². The van der Waals surface area contributed by atoms with E-state index in [1.165, 1.54) is 0 Å². The van der Waals surface area contributed by atoms with Crippen molar-refractivity contribution in [2.24, 2.45) is 0 Å². The van der Waals surface area contributed by atoms with Gasteiger partial charge in [0.25, 0.3) is 11.8 Å². The first-order chi connectivity index (χ1) is 22.4. The van der Waals surface area contributed by atoms with Gasteiger partial charge in [0.05, 0.1) is 52.9 Å². The minimum Gasteiger partial charge on any atom is -0.383 e. The number of anilines is 2. The zero-order valence-corrected chi connectivity index (χ0v) is 29.1. The van der Waals surface area contributed by atoms with Crippen molar-refractivity contribution in [1.29, 1.82) is 0 Å². The number of carbonyl (C=O) groups excluding carboxylic acids is 2. The van der Waals surface area contributed by atoms with Gasteiger partial charge < -0.3 is 57.5 Å². The molecular formula is C30H56N6O10. The Morgan fingerprint density at radius 1 is 0.413 bits per heavy atom. The maximum atomic E-state index is 14.4. The molecule has 266 valence electrons. The van der Waals surface area contributed by atoms with Crippen molar-refractivity contribution in [2.45, 2.75) is 0 Å². The van der Waals surface area contributed by atoms with Crippen LogP contribution in [0.3, 0.4) is 0 Å². The number of nitrogens with zero attached hydrogens (tertiary/aromatic N) is 6. The lowest BCUT2D eigenvalue weighted by Gasteiger charge is -2.31. The average molecular weight is 661 g/mol. The number of amides is 2. The summed E-state index contributed by atoms with van der Waals surface area (Å²) in [7, 11) is 12.7. The van der Waals surface area contributed by atoms with E-state index in [9.17, 15) is 9.59 Å². The summed E-state index contributed by atoms with van der Waals surface area (Å²) in [5.41, 5.74) is 0.150. The Morgan fingerprint density at radius 3 is 0.848 bits per heavy atom. The third-order valence-electron chi connectivity index (χ3n) is 6.96. The molecule has 0 radical (unpaired) electrons. The molecule has 16 nitrogen and oxygen atoms in total. The van der Waals surface area contributed by atoms with E-state index in [0.29, 0.717) is 105 Å². The fourth-order valence-electron chi connectivity index (χ4n) is 4.33. The van der Waals surface area contributed by atoms with Gasteiger partial charge in [0.2, 0.25) is 0 Å². The zero-order valence-electron chi connectivity index (χ0n) is 29.1. The van der Waals surface area contributed by atoms with E-state index in [1.807, 2.05) is 9.80 Å². The number of methoxy groups -OCH3 is 8. The Labute approximate surface area is 274 Å². The van der Waals surface area contributed by atoms with Gasteiger partial charge in [0.1, 0.15) is 0 Å². The number of rotatable bonds is 28. The summed E-state index contributed by atoms with van der Waals surface area (Å²) < 4.78 is 42.7. The Kier molecular flexibility index (Phi) is 22.8. The van der Waals surface area contributed by atoms with Crippen LogP contribution in [0.4, 0.5) is 11.6 Å². The van der Waals surface area contributed by atoms with Crippen molar-refractivity contribution in [2.75, 3.05) is 172 Å². The molecule has 1 aromatic heterocycles. The molecule has 0 fully saturated rings. The zero-order chi connectivity index (χ0) is 34.2. The van der Waals surface area contributed by atoms with Gasteiger partial charge in [-0.1, -0.05) is 0 Å². The van der Waals surface area contributed by atoms with E-state index in [2.05, 4.69) is 0 Å². The topological polar surface area (TPSA) is 147 Å². The molecular weight excluding hydrogens is 604 g/mol. The highest BCUT2D eigenvalue weighted by Gasteiger charge is 2.32. The highest BCUT2D eigenvalue weighted by atomic mass is 16.5. The van der Waals surface area contributed by atoms with Gasteiger partial charge in [-0.25, -0.2) is 9.97 Å². The summed E-state index contributed by atoms with van der Waals surface area (Å²) in [4.78, 5) is 45.6. The smallest absolute Gasteiger partial charge is 0.276 e. The van der Waals surface area contributed by atoms with Crippen molar-refractivity contribution in [3.8, 4) is 0 Å². The second kappa shape index (κ2) is 25.4. The monoisotopic (exact) mass is 660 g/mol. The summed E-state index contributed by atoms with van der Waals surface area (Å²) in [6.07, 6.45) is 0. The predicted octanol–water partition coefficient (Wildman–Crippen LogP) is 0.145. The van der Waals surface area contributed by atoms with Crippen molar-refractivity contribution >= 4 is 23.5 Å². The van der Waals surface area contributed by atoms with Crippen LogP contribution < -0.4 is 9.80 Å². The third-order valence-corrected chi connectivity index (χ3v) is 6.96. The summed E-state index contributed by atoms with van der Waals surface area (Å²) in [6.45, 7) is 5.22. The third kappa shape index (κ3) is 14.0. The quantitative estimate of drug-likeness (QED) is 0.120. The van der Waals surface area contributed by atoms with E-state index in [1.54, 1.807) is 66.7 Å². The largest absolute Gasteiger partial charge is 0.383 e. The molecule has 0 saturated heterocycles. The Morgan fingerprint density at radius 2 is 0.630 bits per heavy atom. The van der Waals surface area contributed by atoms with Crippen LogP contribution >= 0.6 is 0 Å². The number of hydrogen-bond acceptors (Lipinski definition) is 14. The van der Waals surface area contributed by atoms with Crippen molar-refractivity contribution in [3.05, 3.63) is 11.4 Å². The molecule has 1 heterocycles. The number of aromatic nitrogens is 2. The fraction of sp³-hybridized carbons (Fsp3) is 0.800. The highest BCUT2D eigenvalue weighted by Crippen LogP contribution is 2.27. The standard InChI is InChI=1S/C30H56N6O10/c1-39-17-9-33(10-18-40-2)27-25(29(37)35(13-21-43-5)14-22-44-6)32-28(34(11-19-41-3)12-20-42-4)26(31-27)30(38)36(15-23-45-7)16-24-46-8/h9-24H2,1-8H3. The summed E-state index contributed by atoms with van der Waals surface area (Å²) in [6, 6.07) is 0. The lowest BCUT2D eigenvalue weighted by molar-refractivity contribution is 0.0610. The first kappa shape index (κ1) is 41.3. The summed E-state index contributed by atoms with van der Waals surface area (Å²) >= 11 is 0. The molecule has 2 amide bonds. The Hall–Kier alpha value is -2.70. The molecule has 0 aromatic carbocycles. The maximum Gasteiger partial charge on any atom is 0.276 e. The van der Waals surface area contributed by atoms with Crippen LogP contribution in [0.2, 0.25) is 0 Å². The molecule has 0 unspecified atom stereocenters. The molecule has 0 aliphatic rings. The first-order valence-corrected chi connectivity index (χ1v) is 15.3. The molecule has 0 atom stereocenters. The molecule has 46 heavy (non-hydrogen) atoms. The minimum absolute atomic E-state index is 0.0751. The van der Waals surface area contributed by atoms with Crippen molar-refractivity contribution in [1.82, 2.24) is 19.8 Å². The highest BCUT2D eigenvalue weighted by molar-refractivity contribution is 6.02. The first-order valence-electron chi connectivity index (χ1n) is 15.3. The number of hydrogen-bond donors (Lipinski definition) is 0. The Balaban J connectivity index is 4.11. The average Bonchev–Trinajstić information content (AvgIpc) is 3.07.